The van der Waals surface area contributed by atoms with Gasteiger partial charge < -0.3 is 9.72 Å². The highest BCUT2D eigenvalue weighted by Crippen LogP contribution is 2.30. The predicted octanol–water partition coefficient (Wildman–Crippen LogP) is 3.30. The van der Waals surface area contributed by atoms with Crippen LogP contribution in [0.3, 0.4) is 0 Å². The van der Waals surface area contributed by atoms with Gasteiger partial charge >= 0.3 is 6.18 Å². The highest BCUT2D eigenvalue weighted by molar-refractivity contribution is 7.93. The second-order valence-corrected chi connectivity index (χ2v) is 6.71. The molecule has 1 aromatic carbocycles. The fourth-order valence-electron chi connectivity index (χ4n) is 2.19. The summed E-state index contributed by atoms with van der Waals surface area (Å²) in [6.07, 6.45) is -1.77. The van der Waals surface area contributed by atoms with Crippen LogP contribution in [-0.2, 0) is 10.0 Å². The van der Waals surface area contributed by atoms with Gasteiger partial charge in [0.25, 0.3) is 10.0 Å². The Balaban J connectivity index is 1.91. The maximum absolute atomic E-state index is 12.6. The lowest BCUT2D eigenvalue weighted by Gasteiger charge is -2.14. The van der Waals surface area contributed by atoms with Crippen LogP contribution in [0.5, 0.6) is 5.75 Å². The molecular weight excluding hydrogens is 359 g/mol. The summed E-state index contributed by atoms with van der Waals surface area (Å²) in [6.45, 7) is -1.53. The number of anilines is 1. The Labute approximate surface area is 140 Å². The minimum Gasteiger partial charge on any atom is -0.482 e. The molecule has 0 saturated heterocycles. The van der Waals surface area contributed by atoms with Gasteiger partial charge in [0.2, 0.25) is 0 Å². The first-order chi connectivity index (χ1) is 11.8. The molecule has 0 amide bonds. The quantitative estimate of drug-likeness (QED) is 0.721. The Morgan fingerprint density at radius 2 is 1.92 bits per heavy atom. The molecule has 10 heteroatoms. The maximum Gasteiger partial charge on any atom is 0.422 e. The van der Waals surface area contributed by atoms with Crippen LogP contribution in [0.4, 0.5) is 18.9 Å². The number of aromatic amines is 1. The van der Waals surface area contributed by atoms with Crippen molar-refractivity contribution in [3.05, 3.63) is 48.8 Å². The lowest BCUT2D eigenvalue weighted by molar-refractivity contribution is -0.153. The van der Waals surface area contributed by atoms with Gasteiger partial charge in [-0.1, -0.05) is 12.1 Å². The number of alkyl halides is 3. The summed E-state index contributed by atoms with van der Waals surface area (Å²) in [5.41, 5.74) is 0.287. The zero-order chi connectivity index (χ0) is 18.1. The number of benzene rings is 1. The van der Waals surface area contributed by atoms with Crippen molar-refractivity contribution in [2.24, 2.45) is 0 Å². The van der Waals surface area contributed by atoms with Gasteiger partial charge in [0.05, 0.1) is 5.69 Å². The number of halogens is 3. The number of H-pyrrole nitrogens is 1. The van der Waals surface area contributed by atoms with E-state index in [0.29, 0.717) is 11.0 Å². The summed E-state index contributed by atoms with van der Waals surface area (Å²) in [6, 6.07) is 8.64. The lowest BCUT2D eigenvalue weighted by Crippen LogP contribution is -2.20. The third-order valence-corrected chi connectivity index (χ3v) is 4.63. The summed E-state index contributed by atoms with van der Waals surface area (Å²) < 4.78 is 69.1. The van der Waals surface area contributed by atoms with Crippen molar-refractivity contribution in [2.75, 3.05) is 11.3 Å². The van der Waals surface area contributed by atoms with Crippen molar-refractivity contribution in [2.45, 2.75) is 11.1 Å². The molecule has 25 heavy (non-hydrogen) atoms. The van der Waals surface area contributed by atoms with Crippen LogP contribution in [0.25, 0.3) is 11.0 Å². The van der Waals surface area contributed by atoms with Crippen molar-refractivity contribution in [3.8, 4) is 5.75 Å². The number of fused-ring (bicyclic) bond motifs is 1. The summed E-state index contributed by atoms with van der Waals surface area (Å²) in [5, 5.41) is 0.365. The minimum absolute atomic E-state index is 0.0683. The molecule has 2 heterocycles. The van der Waals surface area contributed by atoms with E-state index in [-0.39, 0.29) is 16.3 Å². The standard InChI is InChI=1S/C15H12F3N3O3S/c16-15(17,18)9-24-12-6-2-1-5-11(12)21-25(22,23)13-8-20-14-10(13)4-3-7-19-14/h1-8,21H,9H2,(H,19,20). The zero-order valence-electron chi connectivity index (χ0n) is 12.5. The van der Waals surface area contributed by atoms with E-state index >= 15 is 0 Å². The van der Waals surface area contributed by atoms with Gasteiger partial charge in [0.1, 0.15) is 16.3 Å². The van der Waals surface area contributed by atoms with Crippen LogP contribution in [0.15, 0.2) is 53.7 Å². The topological polar surface area (TPSA) is 84.1 Å². The second-order valence-electron chi connectivity index (χ2n) is 5.06. The first-order valence-corrected chi connectivity index (χ1v) is 8.48. The Bertz CT molecular complexity index is 1000. The summed E-state index contributed by atoms with van der Waals surface area (Å²) in [5.74, 6) is -0.221. The number of nitrogens with one attached hydrogen (secondary N) is 2. The van der Waals surface area contributed by atoms with Gasteiger partial charge in [0.15, 0.2) is 6.61 Å². The molecule has 132 valence electrons. The first kappa shape index (κ1) is 17.1. The van der Waals surface area contributed by atoms with Crippen LogP contribution in [0, 0.1) is 0 Å². The van der Waals surface area contributed by atoms with E-state index in [4.69, 9.17) is 0 Å². The highest BCUT2D eigenvalue weighted by Gasteiger charge is 2.29. The van der Waals surface area contributed by atoms with Gasteiger partial charge in [-0.25, -0.2) is 13.4 Å². The fourth-order valence-corrected chi connectivity index (χ4v) is 3.43. The summed E-state index contributed by atoms with van der Waals surface area (Å²) >= 11 is 0. The molecule has 0 unspecified atom stereocenters. The van der Waals surface area contributed by atoms with Gasteiger partial charge in [-0.05, 0) is 24.3 Å². The van der Waals surface area contributed by atoms with E-state index in [1.54, 1.807) is 12.1 Å². The van der Waals surface area contributed by atoms with Crippen LogP contribution in [0.2, 0.25) is 0 Å². The second kappa shape index (κ2) is 6.28. The van der Waals surface area contributed by atoms with Crippen molar-refractivity contribution < 1.29 is 26.3 Å². The largest absolute Gasteiger partial charge is 0.482 e. The Morgan fingerprint density at radius 3 is 2.68 bits per heavy atom. The SMILES string of the molecule is O=S(=O)(Nc1ccccc1OCC(F)(F)F)c1c[nH]c2ncccc12. The maximum atomic E-state index is 12.6. The molecule has 3 aromatic rings. The van der Waals surface area contributed by atoms with E-state index < -0.39 is 22.8 Å². The molecule has 2 aromatic heterocycles. The number of sulfonamides is 1. The average molecular weight is 371 g/mol. The van der Waals surface area contributed by atoms with Gasteiger partial charge in [-0.3, -0.25) is 4.72 Å². The van der Waals surface area contributed by atoms with Crippen LogP contribution >= 0.6 is 0 Å². The number of aromatic nitrogens is 2. The van der Waals surface area contributed by atoms with E-state index in [1.165, 1.54) is 36.7 Å². The molecule has 2 N–H and O–H groups in total. The van der Waals surface area contributed by atoms with Gasteiger partial charge in [0, 0.05) is 17.8 Å². The van der Waals surface area contributed by atoms with Crippen LogP contribution < -0.4 is 9.46 Å². The molecule has 3 rings (SSSR count). The molecular formula is C15H12F3N3O3S. The first-order valence-electron chi connectivity index (χ1n) is 7.00. The number of hydrogen-bond donors (Lipinski definition) is 2. The molecule has 0 aliphatic rings. The zero-order valence-corrected chi connectivity index (χ0v) is 13.4. The summed E-state index contributed by atoms with van der Waals surface area (Å²) in [7, 11) is -4.06. The monoisotopic (exact) mass is 371 g/mol. The molecule has 6 nitrogen and oxygen atoms in total. The third kappa shape index (κ3) is 3.85. The molecule has 0 saturated carbocycles. The molecule has 0 fully saturated rings. The number of ether oxygens (including phenoxy) is 1. The Hall–Kier alpha value is -2.75. The smallest absolute Gasteiger partial charge is 0.422 e. The number of pyridine rings is 1. The fraction of sp³-hybridized carbons (Fsp3) is 0.133. The van der Waals surface area contributed by atoms with Gasteiger partial charge in [-0.2, -0.15) is 13.2 Å². The van der Waals surface area contributed by atoms with Crippen molar-refractivity contribution >= 4 is 26.7 Å². The normalized spacial score (nSPS) is 12.3. The number of para-hydroxylation sites is 2. The number of rotatable bonds is 5. The van der Waals surface area contributed by atoms with Gasteiger partial charge in [-0.15, -0.1) is 0 Å². The molecule has 0 aliphatic heterocycles. The molecule has 0 bridgehead atoms. The van der Waals surface area contributed by atoms with E-state index in [2.05, 4.69) is 19.4 Å². The van der Waals surface area contributed by atoms with E-state index in [9.17, 15) is 21.6 Å². The van der Waals surface area contributed by atoms with Crippen LogP contribution in [-0.4, -0.2) is 31.2 Å². The highest BCUT2D eigenvalue weighted by atomic mass is 32.2. The minimum atomic E-state index is -4.53. The van der Waals surface area contributed by atoms with Crippen molar-refractivity contribution in [1.29, 1.82) is 0 Å². The summed E-state index contributed by atoms with van der Waals surface area (Å²) in [4.78, 5) is 6.66. The van der Waals surface area contributed by atoms with E-state index in [1.807, 2.05) is 0 Å². The third-order valence-electron chi connectivity index (χ3n) is 3.23. The number of hydrogen-bond acceptors (Lipinski definition) is 4. The van der Waals surface area contributed by atoms with Crippen molar-refractivity contribution in [3.63, 3.8) is 0 Å². The molecule has 0 spiro atoms. The predicted molar refractivity (Wildman–Crippen MR) is 84.9 cm³/mol. The lowest BCUT2D eigenvalue weighted by atomic mass is 10.3. The Morgan fingerprint density at radius 1 is 1.16 bits per heavy atom. The molecule has 0 radical (unpaired) electrons. The number of nitrogens with zero attached hydrogens (tertiary/aromatic N) is 1. The molecule has 0 aliphatic carbocycles. The Kier molecular flexibility index (Phi) is 4.29. The molecule has 0 atom stereocenters. The van der Waals surface area contributed by atoms with Crippen molar-refractivity contribution in [1.82, 2.24) is 9.97 Å². The van der Waals surface area contributed by atoms with E-state index in [0.717, 1.165) is 0 Å². The average Bonchev–Trinajstić information content (AvgIpc) is 2.98. The van der Waals surface area contributed by atoms with Crippen LogP contribution in [0.1, 0.15) is 0 Å².